The van der Waals surface area contributed by atoms with E-state index in [1.807, 2.05) is 36.4 Å². The molecule has 80 valence electrons. The molecule has 0 radical (unpaired) electrons. The van der Waals surface area contributed by atoms with Crippen LogP contribution in [0, 0.1) is 0 Å². The molecular weight excluding hydrogens is 200 g/mol. The second-order valence-corrected chi connectivity index (χ2v) is 3.56. The van der Waals surface area contributed by atoms with E-state index in [1.54, 1.807) is 12.1 Å². The average Bonchev–Trinajstić information content (AvgIpc) is 2.39. The van der Waals surface area contributed by atoms with Crippen LogP contribution in [0.3, 0.4) is 0 Å². The minimum atomic E-state index is 0.0194. The second kappa shape index (κ2) is 4.73. The molecule has 0 aliphatic carbocycles. The van der Waals surface area contributed by atoms with Gasteiger partial charge in [0, 0.05) is 5.56 Å². The minimum Gasteiger partial charge on any atom is -0.392 e. The van der Waals surface area contributed by atoms with Gasteiger partial charge in [0.1, 0.15) is 6.29 Å². The Bertz CT molecular complexity index is 486. The van der Waals surface area contributed by atoms with Crippen molar-refractivity contribution in [2.75, 3.05) is 0 Å². The van der Waals surface area contributed by atoms with Crippen LogP contribution in [0.5, 0.6) is 0 Å². The Kier molecular flexibility index (Phi) is 3.13. The summed E-state index contributed by atoms with van der Waals surface area (Å²) in [6.45, 7) is 0.0194. The van der Waals surface area contributed by atoms with Crippen LogP contribution in [0.2, 0.25) is 0 Å². The lowest BCUT2D eigenvalue weighted by Gasteiger charge is -2.07. The van der Waals surface area contributed by atoms with E-state index in [2.05, 4.69) is 0 Å². The topological polar surface area (TPSA) is 37.3 Å². The van der Waals surface area contributed by atoms with Gasteiger partial charge in [0.25, 0.3) is 0 Å². The smallest absolute Gasteiger partial charge is 0.150 e. The van der Waals surface area contributed by atoms with Crippen LogP contribution in [0.25, 0.3) is 11.1 Å². The molecule has 2 rings (SSSR count). The Morgan fingerprint density at radius 2 is 1.69 bits per heavy atom. The first kappa shape index (κ1) is 10.6. The molecule has 0 bridgehead atoms. The number of carbonyl (C=O) groups is 1. The quantitative estimate of drug-likeness (QED) is 0.794. The fourth-order valence-corrected chi connectivity index (χ4v) is 1.68. The number of carbonyl (C=O) groups excluding carboxylic acids is 1. The van der Waals surface area contributed by atoms with Gasteiger partial charge in [-0.3, -0.25) is 4.79 Å². The third-order valence-electron chi connectivity index (χ3n) is 2.55. The van der Waals surface area contributed by atoms with Crippen LogP contribution in [-0.4, -0.2) is 11.4 Å². The van der Waals surface area contributed by atoms with Gasteiger partial charge < -0.3 is 5.11 Å². The summed E-state index contributed by atoms with van der Waals surface area (Å²) in [5.74, 6) is 0. The van der Waals surface area contributed by atoms with Gasteiger partial charge in [-0.15, -0.1) is 0 Å². The SMILES string of the molecule is O=Cc1ccc(-c2ccccc2CO)cc1. The van der Waals surface area contributed by atoms with Crippen LogP contribution >= 0.6 is 0 Å². The van der Waals surface area contributed by atoms with E-state index in [0.29, 0.717) is 5.56 Å². The van der Waals surface area contributed by atoms with E-state index in [9.17, 15) is 9.90 Å². The molecule has 2 nitrogen and oxygen atoms in total. The number of aliphatic hydroxyl groups excluding tert-OH is 1. The first-order chi connectivity index (χ1) is 7.85. The lowest BCUT2D eigenvalue weighted by atomic mass is 9.99. The molecule has 0 saturated heterocycles. The lowest BCUT2D eigenvalue weighted by Crippen LogP contribution is -1.89. The zero-order valence-corrected chi connectivity index (χ0v) is 8.76. The van der Waals surface area contributed by atoms with Crippen molar-refractivity contribution in [1.82, 2.24) is 0 Å². The number of hydrogen-bond acceptors (Lipinski definition) is 2. The molecule has 0 amide bonds. The second-order valence-electron chi connectivity index (χ2n) is 3.56. The normalized spacial score (nSPS) is 10.1. The van der Waals surface area contributed by atoms with Crippen LogP contribution in [0.4, 0.5) is 0 Å². The van der Waals surface area contributed by atoms with Crippen LogP contribution in [0.15, 0.2) is 48.5 Å². The van der Waals surface area contributed by atoms with Gasteiger partial charge in [-0.25, -0.2) is 0 Å². The highest BCUT2D eigenvalue weighted by atomic mass is 16.3. The van der Waals surface area contributed by atoms with Crippen molar-refractivity contribution in [2.24, 2.45) is 0 Å². The summed E-state index contributed by atoms with van der Waals surface area (Å²) in [6.07, 6.45) is 0.821. The van der Waals surface area contributed by atoms with Gasteiger partial charge in [-0.2, -0.15) is 0 Å². The van der Waals surface area contributed by atoms with Gasteiger partial charge in [0.05, 0.1) is 6.61 Å². The maximum Gasteiger partial charge on any atom is 0.150 e. The van der Waals surface area contributed by atoms with Gasteiger partial charge in [-0.05, 0) is 16.7 Å². The van der Waals surface area contributed by atoms with E-state index in [0.717, 1.165) is 23.0 Å². The van der Waals surface area contributed by atoms with Gasteiger partial charge in [0.15, 0.2) is 0 Å². The summed E-state index contributed by atoms with van der Waals surface area (Å²) in [6, 6.07) is 15.0. The van der Waals surface area contributed by atoms with E-state index >= 15 is 0 Å². The molecule has 0 spiro atoms. The van der Waals surface area contributed by atoms with E-state index in [4.69, 9.17) is 0 Å². The standard InChI is InChI=1S/C14H12O2/c15-9-11-5-7-12(8-6-11)14-4-2-1-3-13(14)10-16/h1-9,16H,10H2. The van der Waals surface area contributed by atoms with Crippen molar-refractivity contribution in [2.45, 2.75) is 6.61 Å². The molecule has 0 atom stereocenters. The van der Waals surface area contributed by atoms with Crippen molar-refractivity contribution >= 4 is 6.29 Å². The minimum absolute atomic E-state index is 0.0194. The predicted octanol–water partition coefficient (Wildman–Crippen LogP) is 2.66. The van der Waals surface area contributed by atoms with Gasteiger partial charge >= 0.3 is 0 Å². The predicted molar refractivity (Wildman–Crippen MR) is 63.2 cm³/mol. The summed E-state index contributed by atoms with van der Waals surface area (Å²) in [5.41, 5.74) is 3.56. The Morgan fingerprint density at radius 1 is 1.00 bits per heavy atom. The van der Waals surface area contributed by atoms with E-state index in [1.165, 1.54) is 0 Å². The summed E-state index contributed by atoms with van der Waals surface area (Å²) >= 11 is 0. The molecule has 0 saturated carbocycles. The summed E-state index contributed by atoms with van der Waals surface area (Å²) < 4.78 is 0. The maximum absolute atomic E-state index is 10.5. The average molecular weight is 212 g/mol. The summed E-state index contributed by atoms with van der Waals surface area (Å²) in [4.78, 5) is 10.5. The van der Waals surface area contributed by atoms with Crippen LogP contribution in [-0.2, 0) is 6.61 Å². The van der Waals surface area contributed by atoms with Crippen molar-refractivity contribution in [3.63, 3.8) is 0 Å². The molecular formula is C14H12O2. The number of rotatable bonds is 3. The third-order valence-corrected chi connectivity index (χ3v) is 2.55. The van der Waals surface area contributed by atoms with E-state index in [-0.39, 0.29) is 6.61 Å². The molecule has 0 aliphatic heterocycles. The number of hydrogen-bond donors (Lipinski definition) is 1. The summed E-state index contributed by atoms with van der Waals surface area (Å²) in [7, 11) is 0. The molecule has 1 N–H and O–H groups in total. The highest BCUT2D eigenvalue weighted by Gasteiger charge is 2.02. The Hall–Kier alpha value is -1.93. The van der Waals surface area contributed by atoms with Gasteiger partial charge in [-0.1, -0.05) is 48.5 Å². The maximum atomic E-state index is 10.5. The molecule has 0 heterocycles. The Morgan fingerprint density at radius 3 is 2.31 bits per heavy atom. The number of benzene rings is 2. The monoisotopic (exact) mass is 212 g/mol. The molecule has 2 heteroatoms. The largest absolute Gasteiger partial charge is 0.392 e. The van der Waals surface area contributed by atoms with E-state index < -0.39 is 0 Å². The third kappa shape index (κ3) is 2.02. The lowest BCUT2D eigenvalue weighted by molar-refractivity contribution is 0.112. The van der Waals surface area contributed by atoms with Crippen LogP contribution in [0.1, 0.15) is 15.9 Å². The molecule has 16 heavy (non-hydrogen) atoms. The molecule has 0 unspecified atom stereocenters. The van der Waals surface area contributed by atoms with Gasteiger partial charge in [0.2, 0.25) is 0 Å². The highest BCUT2D eigenvalue weighted by Crippen LogP contribution is 2.23. The first-order valence-electron chi connectivity index (χ1n) is 5.09. The number of aliphatic hydroxyl groups is 1. The zero-order chi connectivity index (χ0) is 11.4. The summed E-state index contributed by atoms with van der Waals surface area (Å²) in [5, 5.41) is 9.22. The molecule has 0 fully saturated rings. The fourth-order valence-electron chi connectivity index (χ4n) is 1.68. The molecule has 0 aliphatic rings. The fraction of sp³-hybridized carbons (Fsp3) is 0.0714. The molecule has 0 aromatic heterocycles. The van der Waals surface area contributed by atoms with Crippen molar-refractivity contribution in [1.29, 1.82) is 0 Å². The molecule has 2 aromatic rings. The molecule has 2 aromatic carbocycles. The Balaban J connectivity index is 2.45. The number of aldehydes is 1. The Labute approximate surface area is 94.2 Å². The van der Waals surface area contributed by atoms with Crippen molar-refractivity contribution in [3.05, 3.63) is 59.7 Å². The zero-order valence-electron chi connectivity index (χ0n) is 8.76. The van der Waals surface area contributed by atoms with Crippen molar-refractivity contribution in [3.8, 4) is 11.1 Å². The van der Waals surface area contributed by atoms with Crippen LogP contribution < -0.4 is 0 Å². The van der Waals surface area contributed by atoms with Crippen molar-refractivity contribution < 1.29 is 9.90 Å². The highest BCUT2D eigenvalue weighted by molar-refractivity contribution is 5.77. The first-order valence-corrected chi connectivity index (χ1v) is 5.09.